The van der Waals surface area contributed by atoms with Gasteiger partial charge in [-0.25, -0.2) is 0 Å². The van der Waals surface area contributed by atoms with Crippen molar-refractivity contribution in [2.24, 2.45) is 0 Å². The quantitative estimate of drug-likeness (QED) is 0.713. The number of hydrogen-bond donors (Lipinski definition) is 1. The third-order valence-corrected chi connectivity index (χ3v) is 2.09. The molecule has 15 heavy (non-hydrogen) atoms. The number of aromatic hydroxyl groups is 1. The monoisotopic (exact) mass is 196 g/mol. The number of nitrogens with zero attached hydrogens (tertiary/aromatic N) is 2. The number of rotatable bonds is 1. The minimum Gasteiger partial charge on any atom is -0.507 e. The summed E-state index contributed by atoms with van der Waals surface area (Å²) in [6.45, 7) is 0. The average Bonchev–Trinajstić information content (AvgIpc) is 2.27. The molecule has 1 aromatic carbocycles. The first-order valence-electron chi connectivity index (χ1n) is 4.45. The molecular formula is C12H8N2O. The molecule has 0 aliphatic carbocycles. The molecule has 0 aliphatic rings. The molecule has 0 bridgehead atoms. The van der Waals surface area contributed by atoms with Crippen LogP contribution in [-0.4, -0.2) is 10.1 Å². The van der Waals surface area contributed by atoms with Gasteiger partial charge in [0, 0.05) is 17.7 Å². The molecule has 0 amide bonds. The van der Waals surface area contributed by atoms with Crippen molar-refractivity contribution in [1.29, 1.82) is 5.26 Å². The van der Waals surface area contributed by atoms with Crippen molar-refractivity contribution >= 4 is 17.0 Å². The van der Waals surface area contributed by atoms with E-state index in [1.54, 1.807) is 24.4 Å². The highest BCUT2D eigenvalue weighted by Gasteiger charge is 1.99. The molecule has 0 unspecified atom stereocenters. The van der Waals surface area contributed by atoms with Gasteiger partial charge in [0.25, 0.3) is 0 Å². The van der Waals surface area contributed by atoms with Crippen molar-refractivity contribution in [3.63, 3.8) is 0 Å². The Balaban J connectivity index is 2.60. The predicted octanol–water partition coefficient (Wildman–Crippen LogP) is 2.48. The van der Waals surface area contributed by atoms with Crippen LogP contribution in [0.25, 0.3) is 17.0 Å². The summed E-state index contributed by atoms with van der Waals surface area (Å²) in [5, 5.41) is 18.7. The van der Waals surface area contributed by atoms with Crippen molar-refractivity contribution in [3.8, 4) is 11.8 Å². The molecule has 3 nitrogen and oxygen atoms in total. The lowest BCUT2D eigenvalue weighted by Crippen LogP contribution is -1.80. The molecule has 0 aliphatic heterocycles. The summed E-state index contributed by atoms with van der Waals surface area (Å²) in [6.07, 6.45) is 4.64. The van der Waals surface area contributed by atoms with Crippen LogP contribution in [0.5, 0.6) is 5.75 Å². The Morgan fingerprint density at radius 1 is 1.33 bits per heavy atom. The zero-order valence-corrected chi connectivity index (χ0v) is 7.88. The fourth-order valence-corrected chi connectivity index (χ4v) is 1.39. The first kappa shape index (κ1) is 9.22. The van der Waals surface area contributed by atoms with Crippen molar-refractivity contribution in [3.05, 3.63) is 42.1 Å². The van der Waals surface area contributed by atoms with Crippen molar-refractivity contribution in [1.82, 2.24) is 4.98 Å². The van der Waals surface area contributed by atoms with Crippen molar-refractivity contribution < 1.29 is 5.11 Å². The van der Waals surface area contributed by atoms with E-state index >= 15 is 0 Å². The number of nitriles is 1. The molecule has 1 N–H and O–H groups in total. The molecule has 0 atom stereocenters. The average molecular weight is 196 g/mol. The topological polar surface area (TPSA) is 56.9 Å². The SMILES string of the molecule is N#CC=Cc1ccc2nccc(O)c2c1. The molecule has 2 aromatic rings. The van der Waals surface area contributed by atoms with Gasteiger partial charge in [0.15, 0.2) is 0 Å². The number of hydrogen-bond acceptors (Lipinski definition) is 3. The minimum absolute atomic E-state index is 0.201. The molecule has 0 saturated carbocycles. The first-order chi connectivity index (χ1) is 7.31. The predicted molar refractivity (Wildman–Crippen MR) is 58.1 cm³/mol. The fourth-order valence-electron chi connectivity index (χ4n) is 1.39. The molecule has 72 valence electrons. The van der Waals surface area contributed by atoms with E-state index in [-0.39, 0.29) is 5.75 Å². The second kappa shape index (κ2) is 3.81. The van der Waals surface area contributed by atoms with Gasteiger partial charge in [-0.15, -0.1) is 0 Å². The van der Waals surface area contributed by atoms with E-state index in [0.717, 1.165) is 11.1 Å². The third kappa shape index (κ3) is 1.79. The van der Waals surface area contributed by atoms with Crippen LogP contribution in [0.15, 0.2) is 36.5 Å². The highest BCUT2D eigenvalue weighted by atomic mass is 16.3. The Labute approximate surface area is 86.9 Å². The van der Waals surface area contributed by atoms with Gasteiger partial charge in [0.2, 0.25) is 0 Å². The van der Waals surface area contributed by atoms with Crippen LogP contribution in [0, 0.1) is 11.3 Å². The lowest BCUT2D eigenvalue weighted by molar-refractivity contribution is 0.481. The maximum Gasteiger partial charge on any atom is 0.126 e. The van der Waals surface area contributed by atoms with E-state index in [9.17, 15) is 5.11 Å². The zero-order chi connectivity index (χ0) is 10.7. The van der Waals surface area contributed by atoms with Gasteiger partial charge in [-0.1, -0.05) is 6.07 Å². The van der Waals surface area contributed by atoms with E-state index in [1.807, 2.05) is 18.2 Å². The third-order valence-electron chi connectivity index (χ3n) is 2.09. The molecular weight excluding hydrogens is 188 g/mol. The lowest BCUT2D eigenvalue weighted by Gasteiger charge is -2.00. The van der Waals surface area contributed by atoms with Crippen LogP contribution in [0.3, 0.4) is 0 Å². The van der Waals surface area contributed by atoms with Gasteiger partial charge in [-0.3, -0.25) is 4.98 Å². The van der Waals surface area contributed by atoms with Crippen molar-refractivity contribution in [2.45, 2.75) is 0 Å². The van der Waals surface area contributed by atoms with Gasteiger partial charge >= 0.3 is 0 Å². The Morgan fingerprint density at radius 3 is 3.00 bits per heavy atom. The van der Waals surface area contributed by atoms with E-state index in [1.165, 1.54) is 6.08 Å². The fraction of sp³-hybridized carbons (Fsp3) is 0. The Morgan fingerprint density at radius 2 is 2.20 bits per heavy atom. The number of aromatic nitrogens is 1. The van der Waals surface area contributed by atoms with E-state index in [4.69, 9.17) is 5.26 Å². The van der Waals surface area contributed by atoms with Crippen LogP contribution in [0.1, 0.15) is 5.56 Å². The van der Waals surface area contributed by atoms with Gasteiger partial charge in [-0.2, -0.15) is 5.26 Å². The lowest BCUT2D eigenvalue weighted by atomic mass is 10.1. The maximum absolute atomic E-state index is 9.59. The summed E-state index contributed by atoms with van der Waals surface area (Å²) in [7, 11) is 0. The highest BCUT2D eigenvalue weighted by Crippen LogP contribution is 2.23. The van der Waals surface area contributed by atoms with Crippen LogP contribution in [-0.2, 0) is 0 Å². The van der Waals surface area contributed by atoms with Crippen LogP contribution in [0.2, 0.25) is 0 Å². The second-order valence-electron chi connectivity index (χ2n) is 3.07. The van der Waals surface area contributed by atoms with Crippen molar-refractivity contribution in [2.75, 3.05) is 0 Å². The van der Waals surface area contributed by atoms with Gasteiger partial charge in [0.1, 0.15) is 5.75 Å². The molecule has 1 heterocycles. The summed E-state index contributed by atoms with van der Waals surface area (Å²) >= 11 is 0. The highest BCUT2D eigenvalue weighted by molar-refractivity contribution is 5.86. The standard InChI is InChI=1S/C12H8N2O/c13-6-1-2-9-3-4-11-10(8-9)12(15)5-7-14-11/h1-5,7-8H,(H,14,15). The number of benzene rings is 1. The summed E-state index contributed by atoms with van der Waals surface area (Å²) in [6, 6.07) is 8.92. The summed E-state index contributed by atoms with van der Waals surface area (Å²) in [5.74, 6) is 0.201. The Bertz CT molecular complexity index is 567. The minimum atomic E-state index is 0.201. The summed E-state index contributed by atoms with van der Waals surface area (Å²) in [4.78, 5) is 4.11. The molecule has 1 aromatic heterocycles. The molecule has 0 radical (unpaired) electrons. The summed E-state index contributed by atoms with van der Waals surface area (Å²) in [5.41, 5.74) is 1.61. The molecule has 0 fully saturated rings. The van der Waals surface area contributed by atoms with Gasteiger partial charge < -0.3 is 5.11 Å². The van der Waals surface area contributed by atoms with Gasteiger partial charge in [0.05, 0.1) is 11.6 Å². The largest absolute Gasteiger partial charge is 0.507 e. The molecule has 3 heteroatoms. The van der Waals surface area contributed by atoms with Crippen LogP contribution >= 0.6 is 0 Å². The van der Waals surface area contributed by atoms with Gasteiger partial charge in [-0.05, 0) is 29.8 Å². The number of pyridine rings is 1. The zero-order valence-electron chi connectivity index (χ0n) is 7.88. The smallest absolute Gasteiger partial charge is 0.126 e. The maximum atomic E-state index is 9.59. The molecule has 0 spiro atoms. The Kier molecular flexibility index (Phi) is 2.34. The molecule has 2 rings (SSSR count). The summed E-state index contributed by atoms with van der Waals surface area (Å²) < 4.78 is 0. The normalized spacial score (nSPS) is 10.6. The first-order valence-corrected chi connectivity index (χ1v) is 4.45. The Hall–Kier alpha value is -2.34. The van der Waals surface area contributed by atoms with Crippen LogP contribution in [0.4, 0.5) is 0 Å². The molecule has 0 saturated heterocycles. The van der Waals surface area contributed by atoms with E-state index in [0.29, 0.717) is 5.39 Å². The number of fused-ring (bicyclic) bond motifs is 1. The van der Waals surface area contributed by atoms with E-state index < -0.39 is 0 Å². The number of allylic oxidation sites excluding steroid dienone is 1. The van der Waals surface area contributed by atoms with Crippen LogP contribution < -0.4 is 0 Å². The second-order valence-corrected chi connectivity index (χ2v) is 3.07. The van der Waals surface area contributed by atoms with E-state index in [2.05, 4.69) is 4.98 Å².